The minimum atomic E-state index is -0.387. The SMILES string of the molecule is Cc1ccc(N)cc1NC(=O)CN1C(=O)C2CC2C1=O. The quantitative estimate of drug-likeness (QED) is 0.620. The number of likely N-dealkylation sites (tertiary alicyclic amines) is 1. The van der Waals surface area contributed by atoms with Gasteiger partial charge in [0, 0.05) is 11.4 Å². The van der Waals surface area contributed by atoms with E-state index >= 15 is 0 Å². The molecular weight excluding hydrogens is 258 g/mol. The van der Waals surface area contributed by atoms with Crippen LogP contribution in [0.3, 0.4) is 0 Å². The molecule has 3 amide bonds. The number of amides is 3. The van der Waals surface area contributed by atoms with Crippen molar-refractivity contribution >= 4 is 29.1 Å². The van der Waals surface area contributed by atoms with Crippen LogP contribution >= 0.6 is 0 Å². The maximum absolute atomic E-state index is 11.9. The van der Waals surface area contributed by atoms with Gasteiger partial charge < -0.3 is 11.1 Å². The summed E-state index contributed by atoms with van der Waals surface area (Å²) in [7, 11) is 0. The molecular formula is C14H15N3O3. The minimum Gasteiger partial charge on any atom is -0.399 e. The molecule has 1 saturated heterocycles. The molecule has 1 aliphatic carbocycles. The summed E-state index contributed by atoms with van der Waals surface area (Å²) >= 11 is 0. The lowest BCUT2D eigenvalue weighted by Crippen LogP contribution is -2.39. The molecule has 1 heterocycles. The van der Waals surface area contributed by atoms with Gasteiger partial charge in [0.2, 0.25) is 17.7 Å². The second kappa shape index (κ2) is 4.33. The number of nitrogens with two attached hydrogens (primary N) is 1. The molecule has 20 heavy (non-hydrogen) atoms. The summed E-state index contributed by atoms with van der Waals surface area (Å²) in [6.07, 6.45) is 0.643. The van der Waals surface area contributed by atoms with Gasteiger partial charge in [-0.3, -0.25) is 19.3 Å². The average molecular weight is 273 g/mol. The van der Waals surface area contributed by atoms with Crippen LogP contribution in [0, 0.1) is 18.8 Å². The Bertz CT molecular complexity index is 606. The van der Waals surface area contributed by atoms with Crippen LogP contribution in [0.4, 0.5) is 11.4 Å². The molecule has 1 aromatic rings. The number of rotatable bonds is 3. The zero-order chi connectivity index (χ0) is 14.4. The molecule has 2 fully saturated rings. The Morgan fingerprint density at radius 1 is 1.35 bits per heavy atom. The normalized spacial score (nSPS) is 23.8. The first-order valence-electron chi connectivity index (χ1n) is 6.48. The van der Waals surface area contributed by atoms with Crippen molar-refractivity contribution < 1.29 is 14.4 Å². The number of hydrogen-bond donors (Lipinski definition) is 2. The Balaban J connectivity index is 1.67. The molecule has 1 saturated carbocycles. The lowest BCUT2D eigenvalue weighted by molar-refractivity contribution is -0.143. The predicted octanol–water partition coefficient (Wildman–Crippen LogP) is 0.521. The zero-order valence-electron chi connectivity index (χ0n) is 11.1. The molecule has 3 rings (SSSR count). The van der Waals surface area contributed by atoms with Gasteiger partial charge >= 0.3 is 0 Å². The van der Waals surface area contributed by atoms with Crippen LogP contribution in [0.1, 0.15) is 12.0 Å². The first kappa shape index (κ1) is 12.7. The molecule has 0 aromatic heterocycles. The van der Waals surface area contributed by atoms with E-state index in [0.717, 1.165) is 10.5 Å². The number of hydrogen-bond acceptors (Lipinski definition) is 4. The van der Waals surface area contributed by atoms with Crippen molar-refractivity contribution in [3.8, 4) is 0 Å². The summed E-state index contributed by atoms with van der Waals surface area (Å²) in [5.41, 5.74) is 7.67. The molecule has 0 radical (unpaired) electrons. The smallest absolute Gasteiger partial charge is 0.244 e. The summed E-state index contributed by atoms with van der Waals surface area (Å²) in [6, 6.07) is 5.19. The number of nitrogens with one attached hydrogen (secondary N) is 1. The van der Waals surface area contributed by atoms with Crippen LogP contribution in [-0.2, 0) is 14.4 Å². The number of fused-ring (bicyclic) bond motifs is 1. The lowest BCUT2D eigenvalue weighted by atomic mass is 10.2. The highest BCUT2D eigenvalue weighted by Gasteiger charge is 2.59. The van der Waals surface area contributed by atoms with E-state index in [2.05, 4.69) is 5.32 Å². The third-order valence-electron chi connectivity index (χ3n) is 3.79. The first-order chi connectivity index (χ1) is 9.47. The highest BCUT2D eigenvalue weighted by molar-refractivity contribution is 6.11. The van der Waals surface area contributed by atoms with Gasteiger partial charge in [-0.25, -0.2) is 0 Å². The van der Waals surface area contributed by atoms with Gasteiger partial charge in [0.15, 0.2) is 0 Å². The second-order valence-corrected chi connectivity index (χ2v) is 5.33. The molecule has 1 aliphatic heterocycles. The fourth-order valence-corrected chi connectivity index (χ4v) is 2.51. The van der Waals surface area contributed by atoms with E-state index < -0.39 is 0 Å². The van der Waals surface area contributed by atoms with Gasteiger partial charge in [0.1, 0.15) is 6.54 Å². The monoisotopic (exact) mass is 273 g/mol. The van der Waals surface area contributed by atoms with Crippen molar-refractivity contribution in [3.05, 3.63) is 23.8 Å². The van der Waals surface area contributed by atoms with Gasteiger partial charge in [-0.1, -0.05) is 6.07 Å². The number of carbonyl (C=O) groups excluding carboxylic acids is 3. The van der Waals surface area contributed by atoms with Crippen molar-refractivity contribution in [1.29, 1.82) is 0 Å². The maximum atomic E-state index is 11.9. The minimum absolute atomic E-state index is 0.176. The van der Waals surface area contributed by atoms with Crippen LogP contribution in [0.25, 0.3) is 0 Å². The predicted molar refractivity (Wildman–Crippen MR) is 72.5 cm³/mol. The third-order valence-corrected chi connectivity index (χ3v) is 3.79. The van der Waals surface area contributed by atoms with Gasteiger partial charge in [0.05, 0.1) is 11.8 Å². The van der Waals surface area contributed by atoms with E-state index in [4.69, 9.17) is 5.73 Å². The van der Waals surface area contributed by atoms with Crippen molar-refractivity contribution in [1.82, 2.24) is 4.90 Å². The second-order valence-electron chi connectivity index (χ2n) is 5.33. The largest absolute Gasteiger partial charge is 0.399 e. The number of anilines is 2. The molecule has 0 bridgehead atoms. The van der Waals surface area contributed by atoms with E-state index in [-0.39, 0.29) is 36.1 Å². The van der Waals surface area contributed by atoms with Gasteiger partial charge in [-0.2, -0.15) is 0 Å². The van der Waals surface area contributed by atoms with E-state index in [1.54, 1.807) is 18.2 Å². The van der Waals surface area contributed by atoms with Crippen LogP contribution in [-0.4, -0.2) is 29.2 Å². The number of aryl methyl sites for hydroxylation is 1. The van der Waals surface area contributed by atoms with Gasteiger partial charge in [-0.15, -0.1) is 0 Å². The fraction of sp³-hybridized carbons (Fsp3) is 0.357. The van der Waals surface area contributed by atoms with Crippen molar-refractivity contribution in [2.45, 2.75) is 13.3 Å². The summed E-state index contributed by atoms with van der Waals surface area (Å²) in [6.45, 7) is 1.62. The fourth-order valence-electron chi connectivity index (χ4n) is 2.51. The summed E-state index contributed by atoms with van der Waals surface area (Å²) in [5, 5.41) is 2.68. The van der Waals surface area contributed by atoms with E-state index in [0.29, 0.717) is 17.8 Å². The Morgan fingerprint density at radius 2 is 2.00 bits per heavy atom. The number of piperidine rings is 1. The van der Waals surface area contributed by atoms with Crippen molar-refractivity contribution in [3.63, 3.8) is 0 Å². The molecule has 1 aromatic carbocycles. The standard InChI is InChI=1S/C14H15N3O3/c1-7-2-3-8(15)4-11(7)16-12(18)6-17-13(19)9-5-10(9)14(17)20/h2-4,9-10H,5-6,15H2,1H3,(H,16,18). The highest BCUT2D eigenvalue weighted by atomic mass is 16.2. The number of nitrogens with zero attached hydrogens (tertiary/aromatic N) is 1. The van der Waals surface area contributed by atoms with E-state index in [9.17, 15) is 14.4 Å². The highest BCUT2D eigenvalue weighted by Crippen LogP contribution is 2.46. The molecule has 2 aliphatic rings. The number of nitrogen functional groups attached to an aromatic ring is 1. The maximum Gasteiger partial charge on any atom is 0.244 e. The average Bonchev–Trinajstić information content (AvgIpc) is 3.14. The Hall–Kier alpha value is -2.37. The lowest BCUT2D eigenvalue weighted by Gasteiger charge is -2.16. The van der Waals surface area contributed by atoms with Crippen LogP contribution in [0.5, 0.6) is 0 Å². The van der Waals surface area contributed by atoms with E-state index in [1.807, 2.05) is 6.92 Å². The van der Waals surface area contributed by atoms with Crippen LogP contribution < -0.4 is 11.1 Å². The molecule has 104 valence electrons. The van der Waals surface area contributed by atoms with Crippen molar-refractivity contribution in [2.75, 3.05) is 17.6 Å². The Labute approximate surface area is 115 Å². The number of carbonyl (C=O) groups is 3. The molecule has 3 N–H and O–H groups in total. The first-order valence-corrected chi connectivity index (χ1v) is 6.48. The Kier molecular flexibility index (Phi) is 2.74. The summed E-state index contributed by atoms with van der Waals surface area (Å²) < 4.78 is 0. The number of benzene rings is 1. The Morgan fingerprint density at radius 3 is 2.65 bits per heavy atom. The third kappa shape index (κ3) is 2.03. The summed E-state index contributed by atoms with van der Waals surface area (Å²) in [4.78, 5) is 36.5. The summed E-state index contributed by atoms with van der Waals surface area (Å²) in [5.74, 6) is -1.19. The topological polar surface area (TPSA) is 92.5 Å². The molecule has 2 unspecified atom stereocenters. The van der Waals surface area contributed by atoms with Crippen LogP contribution in [0.15, 0.2) is 18.2 Å². The molecule has 2 atom stereocenters. The van der Waals surface area contributed by atoms with Crippen LogP contribution in [0.2, 0.25) is 0 Å². The molecule has 6 heteroatoms. The zero-order valence-corrected chi connectivity index (χ0v) is 11.1. The number of imide groups is 1. The van der Waals surface area contributed by atoms with Gasteiger partial charge in [0.25, 0.3) is 0 Å². The molecule has 6 nitrogen and oxygen atoms in total. The van der Waals surface area contributed by atoms with Crippen molar-refractivity contribution in [2.24, 2.45) is 11.8 Å². The van der Waals surface area contributed by atoms with E-state index in [1.165, 1.54) is 0 Å². The van der Waals surface area contributed by atoms with Gasteiger partial charge in [-0.05, 0) is 31.0 Å². The molecule has 0 spiro atoms.